The Bertz CT molecular complexity index is 188. The molecule has 1 fully saturated rings. The van der Waals surface area contributed by atoms with Gasteiger partial charge in [-0.25, -0.2) is 0 Å². The number of ether oxygens (including phenoxy) is 1. The lowest BCUT2D eigenvalue weighted by molar-refractivity contribution is 0.0195. The van der Waals surface area contributed by atoms with Gasteiger partial charge in [0.25, 0.3) is 0 Å². The standard InChI is InChI=1S/C6H13O5P/c7-3-5-1-2-6(11-5)4-12(8,9)10/h5-7H,1-4H2,(H2,8,9,10)/t5-,6-/m1/s1. The van der Waals surface area contributed by atoms with Gasteiger partial charge in [0, 0.05) is 0 Å². The third-order valence-electron chi connectivity index (χ3n) is 1.84. The topological polar surface area (TPSA) is 87.0 Å². The second kappa shape index (κ2) is 3.85. The maximum absolute atomic E-state index is 10.5. The molecule has 5 nitrogen and oxygen atoms in total. The minimum absolute atomic E-state index is 0.0718. The van der Waals surface area contributed by atoms with Crippen molar-refractivity contribution in [2.24, 2.45) is 0 Å². The van der Waals surface area contributed by atoms with Crippen LogP contribution >= 0.6 is 7.60 Å². The first-order valence-corrected chi connectivity index (χ1v) is 5.62. The monoisotopic (exact) mass is 196 g/mol. The quantitative estimate of drug-likeness (QED) is 0.539. The van der Waals surface area contributed by atoms with Crippen LogP contribution in [0.1, 0.15) is 12.8 Å². The van der Waals surface area contributed by atoms with Gasteiger partial charge in [0.1, 0.15) is 0 Å². The highest BCUT2D eigenvalue weighted by Crippen LogP contribution is 2.38. The fourth-order valence-electron chi connectivity index (χ4n) is 1.31. The number of rotatable bonds is 3. The Morgan fingerprint density at radius 2 is 1.92 bits per heavy atom. The highest BCUT2D eigenvalue weighted by Gasteiger charge is 2.30. The van der Waals surface area contributed by atoms with Crippen molar-refractivity contribution in [2.75, 3.05) is 12.8 Å². The highest BCUT2D eigenvalue weighted by atomic mass is 31.2. The highest BCUT2D eigenvalue weighted by molar-refractivity contribution is 7.51. The van der Waals surface area contributed by atoms with E-state index in [9.17, 15) is 4.57 Å². The molecular formula is C6H13O5P. The van der Waals surface area contributed by atoms with Gasteiger partial charge in [-0.1, -0.05) is 0 Å². The van der Waals surface area contributed by atoms with Crippen LogP contribution in [-0.4, -0.2) is 39.9 Å². The van der Waals surface area contributed by atoms with Crippen LogP contribution in [0.25, 0.3) is 0 Å². The molecule has 0 aliphatic carbocycles. The molecule has 72 valence electrons. The summed E-state index contributed by atoms with van der Waals surface area (Å²) in [7, 11) is -3.96. The van der Waals surface area contributed by atoms with Crippen molar-refractivity contribution >= 4 is 7.60 Å². The van der Waals surface area contributed by atoms with E-state index in [4.69, 9.17) is 19.6 Å². The Kier molecular flexibility index (Phi) is 3.26. The molecule has 1 rings (SSSR count). The lowest BCUT2D eigenvalue weighted by Gasteiger charge is -2.12. The molecule has 1 aliphatic rings. The second-order valence-corrected chi connectivity index (χ2v) is 4.68. The number of aliphatic hydroxyl groups excluding tert-OH is 1. The first-order valence-electron chi connectivity index (χ1n) is 3.82. The minimum atomic E-state index is -3.96. The normalized spacial score (nSPS) is 30.9. The summed E-state index contributed by atoms with van der Waals surface area (Å²) in [5, 5.41) is 8.66. The third kappa shape index (κ3) is 3.21. The van der Waals surface area contributed by atoms with Gasteiger partial charge in [-0.15, -0.1) is 0 Å². The Morgan fingerprint density at radius 1 is 1.33 bits per heavy atom. The first kappa shape index (κ1) is 10.2. The molecule has 0 aromatic carbocycles. The van der Waals surface area contributed by atoms with Crippen molar-refractivity contribution in [3.05, 3.63) is 0 Å². The summed E-state index contributed by atoms with van der Waals surface area (Å²) >= 11 is 0. The van der Waals surface area contributed by atoms with Gasteiger partial charge in [-0.05, 0) is 12.8 Å². The minimum Gasteiger partial charge on any atom is -0.394 e. The lowest BCUT2D eigenvalue weighted by Crippen LogP contribution is -2.17. The molecule has 0 bridgehead atoms. The Hall–Kier alpha value is 0.0700. The molecule has 0 aromatic heterocycles. The van der Waals surface area contributed by atoms with Crippen LogP contribution in [0.4, 0.5) is 0 Å². The van der Waals surface area contributed by atoms with E-state index in [1.54, 1.807) is 0 Å². The van der Waals surface area contributed by atoms with E-state index in [1.165, 1.54) is 0 Å². The molecule has 0 spiro atoms. The van der Waals surface area contributed by atoms with Gasteiger partial charge in [-0.3, -0.25) is 4.57 Å². The van der Waals surface area contributed by atoms with Crippen molar-refractivity contribution < 1.29 is 24.2 Å². The van der Waals surface area contributed by atoms with Gasteiger partial charge in [-0.2, -0.15) is 0 Å². The van der Waals surface area contributed by atoms with Crippen molar-refractivity contribution in [3.8, 4) is 0 Å². The molecule has 3 N–H and O–H groups in total. The first-order chi connectivity index (χ1) is 5.51. The maximum Gasteiger partial charge on any atom is 0.328 e. The Labute approximate surface area is 70.5 Å². The van der Waals surface area contributed by atoms with E-state index in [2.05, 4.69) is 0 Å². The van der Waals surface area contributed by atoms with E-state index in [0.29, 0.717) is 12.8 Å². The summed E-state index contributed by atoms with van der Waals surface area (Å²) in [6, 6.07) is 0. The molecule has 0 amide bonds. The lowest BCUT2D eigenvalue weighted by atomic mass is 10.2. The maximum atomic E-state index is 10.5. The van der Waals surface area contributed by atoms with Crippen LogP contribution < -0.4 is 0 Å². The van der Waals surface area contributed by atoms with E-state index in [0.717, 1.165) is 0 Å². The van der Waals surface area contributed by atoms with Gasteiger partial charge >= 0.3 is 7.60 Å². The van der Waals surface area contributed by atoms with Crippen molar-refractivity contribution in [1.29, 1.82) is 0 Å². The molecule has 0 radical (unpaired) electrons. The Morgan fingerprint density at radius 3 is 2.33 bits per heavy atom. The molecule has 12 heavy (non-hydrogen) atoms. The average molecular weight is 196 g/mol. The van der Waals surface area contributed by atoms with Gasteiger partial charge in [0.05, 0.1) is 25.0 Å². The predicted molar refractivity (Wildman–Crippen MR) is 41.9 cm³/mol. The molecule has 1 saturated heterocycles. The Balaban J connectivity index is 2.33. The fraction of sp³-hybridized carbons (Fsp3) is 1.00. The van der Waals surface area contributed by atoms with Gasteiger partial charge in [0.2, 0.25) is 0 Å². The molecule has 0 aromatic rings. The molecule has 2 atom stereocenters. The number of hydrogen-bond acceptors (Lipinski definition) is 3. The second-order valence-electron chi connectivity index (χ2n) is 2.99. The molecule has 6 heteroatoms. The summed E-state index contributed by atoms with van der Waals surface area (Å²) in [5.41, 5.74) is 0. The molecule has 0 saturated carbocycles. The molecule has 0 unspecified atom stereocenters. The zero-order valence-corrected chi connectivity index (χ0v) is 7.48. The molecule has 1 heterocycles. The summed E-state index contributed by atoms with van der Waals surface area (Å²) in [5.74, 6) is 0. The average Bonchev–Trinajstić information content (AvgIpc) is 2.32. The summed E-state index contributed by atoms with van der Waals surface area (Å²) < 4.78 is 15.7. The van der Waals surface area contributed by atoms with E-state index < -0.39 is 7.60 Å². The molecular weight excluding hydrogens is 183 g/mol. The summed E-state index contributed by atoms with van der Waals surface area (Å²) in [6.45, 7) is -0.0718. The predicted octanol–water partition coefficient (Wildman–Crippen LogP) is -0.296. The van der Waals surface area contributed by atoms with E-state index in [-0.39, 0.29) is 25.0 Å². The van der Waals surface area contributed by atoms with Crippen LogP contribution in [0.2, 0.25) is 0 Å². The largest absolute Gasteiger partial charge is 0.394 e. The van der Waals surface area contributed by atoms with Crippen LogP contribution in [0.15, 0.2) is 0 Å². The van der Waals surface area contributed by atoms with Crippen molar-refractivity contribution in [1.82, 2.24) is 0 Å². The SMILES string of the molecule is O=P(O)(O)C[C@H]1CC[C@H](CO)O1. The van der Waals surface area contributed by atoms with Crippen LogP contribution in [-0.2, 0) is 9.30 Å². The number of hydrogen-bond donors (Lipinski definition) is 3. The van der Waals surface area contributed by atoms with E-state index >= 15 is 0 Å². The van der Waals surface area contributed by atoms with Crippen LogP contribution in [0, 0.1) is 0 Å². The fourth-order valence-corrected chi connectivity index (χ4v) is 2.11. The van der Waals surface area contributed by atoms with Crippen molar-refractivity contribution in [2.45, 2.75) is 25.0 Å². The zero-order valence-electron chi connectivity index (χ0n) is 6.59. The van der Waals surface area contributed by atoms with E-state index in [1.807, 2.05) is 0 Å². The third-order valence-corrected chi connectivity index (χ3v) is 2.72. The number of aliphatic hydroxyl groups is 1. The van der Waals surface area contributed by atoms with Crippen LogP contribution in [0.5, 0.6) is 0 Å². The van der Waals surface area contributed by atoms with Gasteiger partial charge < -0.3 is 19.6 Å². The summed E-state index contributed by atoms with van der Waals surface area (Å²) in [6.07, 6.45) is 0.450. The van der Waals surface area contributed by atoms with Gasteiger partial charge in [0.15, 0.2) is 0 Å². The zero-order chi connectivity index (χ0) is 9.19. The summed E-state index contributed by atoms with van der Waals surface area (Å²) in [4.78, 5) is 17.2. The van der Waals surface area contributed by atoms with Crippen molar-refractivity contribution in [3.63, 3.8) is 0 Å². The molecule has 1 aliphatic heterocycles. The van der Waals surface area contributed by atoms with Crippen LogP contribution in [0.3, 0.4) is 0 Å². The smallest absolute Gasteiger partial charge is 0.328 e.